The molecule has 0 unspecified atom stereocenters. The Balaban J connectivity index is 2.95. The van der Waals surface area contributed by atoms with Gasteiger partial charge in [-0.15, -0.1) is 0 Å². The first-order chi connectivity index (χ1) is 6.63. The molecule has 1 rings (SSSR count). The molecule has 0 radical (unpaired) electrons. The molecule has 0 heterocycles. The highest BCUT2D eigenvalue weighted by molar-refractivity contribution is 5.90. The van der Waals surface area contributed by atoms with Gasteiger partial charge in [0.25, 0.3) is 0 Å². The largest absolute Gasteiger partial charge is 0.545 e. The van der Waals surface area contributed by atoms with Crippen molar-refractivity contribution in [3.63, 3.8) is 0 Å². The van der Waals surface area contributed by atoms with Gasteiger partial charge in [0.05, 0.1) is 5.97 Å². The third-order valence-corrected chi connectivity index (χ3v) is 2.06. The zero-order valence-corrected chi connectivity index (χ0v) is 8.41. The molecule has 0 aliphatic heterocycles. The molecule has 0 aliphatic rings. The zero-order chi connectivity index (χ0) is 10.6. The molecule has 0 fully saturated rings. The molecule has 0 aliphatic carbocycles. The molecular formula is C12H13O2-. The first kappa shape index (κ1) is 10.5. The van der Waals surface area contributed by atoms with E-state index in [9.17, 15) is 9.90 Å². The van der Waals surface area contributed by atoms with E-state index < -0.39 is 5.97 Å². The van der Waals surface area contributed by atoms with E-state index in [0.717, 1.165) is 11.1 Å². The first-order valence-corrected chi connectivity index (χ1v) is 4.62. The van der Waals surface area contributed by atoms with Gasteiger partial charge in [0, 0.05) is 0 Å². The SMILES string of the molecule is CCC(=Cc1ccc(C)cc1)C(=O)[O-]. The second-order valence-corrected chi connectivity index (χ2v) is 3.22. The number of hydrogen-bond donors (Lipinski definition) is 0. The van der Waals surface area contributed by atoms with E-state index in [-0.39, 0.29) is 0 Å². The fourth-order valence-electron chi connectivity index (χ4n) is 1.17. The minimum absolute atomic E-state index is 0.328. The van der Waals surface area contributed by atoms with Gasteiger partial charge in [-0.05, 0) is 30.6 Å². The van der Waals surface area contributed by atoms with E-state index in [0.29, 0.717) is 12.0 Å². The van der Waals surface area contributed by atoms with Crippen LogP contribution in [0.15, 0.2) is 29.8 Å². The Morgan fingerprint density at radius 2 is 1.93 bits per heavy atom. The summed E-state index contributed by atoms with van der Waals surface area (Å²) in [6.45, 7) is 3.79. The second-order valence-electron chi connectivity index (χ2n) is 3.22. The van der Waals surface area contributed by atoms with Crippen LogP contribution in [-0.2, 0) is 4.79 Å². The number of hydrogen-bond acceptors (Lipinski definition) is 2. The Hall–Kier alpha value is -1.57. The minimum Gasteiger partial charge on any atom is -0.545 e. The van der Waals surface area contributed by atoms with Gasteiger partial charge < -0.3 is 9.90 Å². The predicted molar refractivity (Wildman–Crippen MR) is 54.5 cm³/mol. The lowest BCUT2D eigenvalue weighted by Crippen LogP contribution is -2.23. The lowest BCUT2D eigenvalue weighted by Gasteiger charge is -2.05. The van der Waals surface area contributed by atoms with Crippen molar-refractivity contribution >= 4 is 12.0 Å². The van der Waals surface area contributed by atoms with Crippen LogP contribution in [0.3, 0.4) is 0 Å². The standard InChI is InChI=1S/C12H14O2/c1-3-11(12(13)14)8-10-6-4-9(2)5-7-10/h4-8H,3H2,1-2H3,(H,13,14)/p-1. The summed E-state index contributed by atoms with van der Waals surface area (Å²) in [6.07, 6.45) is 2.13. The van der Waals surface area contributed by atoms with Crippen molar-refractivity contribution < 1.29 is 9.90 Å². The molecule has 0 atom stereocenters. The van der Waals surface area contributed by atoms with Crippen LogP contribution in [-0.4, -0.2) is 5.97 Å². The van der Waals surface area contributed by atoms with Crippen molar-refractivity contribution in [1.29, 1.82) is 0 Å². The van der Waals surface area contributed by atoms with Crippen molar-refractivity contribution in [3.05, 3.63) is 41.0 Å². The smallest absolute Gasteiger partial charge is 0.0674 e. The number of rotatable bonds is 3. The topological polar surface area (TPSA) is 40.1 Å². The monoisotopic (exact) mass is 189 g/mol. The highest BCUT2D eigenvalue weighted by atomic mass is 16.4. The average molecular weight is 189 g/mol. The van der Waals surface area contributed by atoms with Gasteiger partial charge in [-0.25, -0.2) is 0 Å². The lowest BCUT2D eigenvalue weighted by atomic mass is 10.1. The third-order valence-electron chi connectivity index (χ3n) is 2.06. The van der Waals surface area contributed by atoms with E-state index in [2.05, 4.69) is 0 Å². The number of carboxylic acid groups (broad SMARTS) is 1. The van der Waals surface area contributed by atoms with Gasteiger partial charge >= 0.3 is 0 Å². The zero-order valence-electron chi connectivity index (χ0n) is 8.41. The van der Waals surface area contributed by atoms with E-state index in [4.69, 9.17) is 0 Å². The van der Waals surface area contributed by atoms with Crippen molar-refractivity contribution in [2.24, 2.45) is 0 Å². The van der Waals surface area contributed by atoms with Gasteiger partial charge in [0.15, 0.2) is 0 Å². The van der Waals surface area contributed by atoms with E-state index in [1.165, 1.54) is 0 Å². The number of carbonyl (C=O) groups is 1. The molecule has 0 bridgehead atoms. The quantitative estimate of drug-likeness (QED) is 0.676. The molecule has 0 N–H and O–H groups in total. The summed E-state index contributed by atoms with van der Waals surface area (Å²) < 4.78 is 0. The third kappa shape index (κ3) is 2.73. The van der Waals surface area contributed by atoms with Gasteiger partial charge in [0.2, 0.25) is 0 Å². The Morgan fingerprint density at radius 3 is 2.36 bits per heavy atom. The minimum atomic E-state index is -1.09. The van der Waals surface area contributed by atoms with E-state index in [1.807, 2.05) is 31.2 Å². The number of carboxylic acids is 1. The lowest BCUT2D eigenvalue weighted by molar-refractivity contribution is -0.299. The maximum atomic E-state index is 10.6. The maximum Gasteiger partial charge on any atom is 0.0674 e. The van der Waals surface area contributed by atoms with Crippen LogP contribution in [0.25, 0.3) is 6.08 Å². The molecule has 1 aromatic rings. The molecule has 1 aromatic carbocycles. The summed E-state index contributed by atoms with van der Waals surface area (Å²) in [7, 11) is 0. The van der Waals surface area contributed by atoms with Gasteiger partial charge in [-0.3, -0.25) is 0 Å². The Kier molecular flexibility index (Phi) is 3.46. The summed E-state index contributed by atoms with van der Waals surface area (Å²) in [4.78, 5) is 10.6. The van der Waals surface area contributed by atoms with Crippen molar-refractivity contribution in [3.8, 4) is 0 Å². The Labute approximate surface area is 83.9 Å². The molecular weight excluding hydrogens is 176 g/mol. The molecule has 14 heavy (non-hydrogen) atoms. The highest BCUT2D eigenvalue weighted by Gasteiger charge is 1.95. The fraction of sp³-hybridized carbons (Fsp3) is 0.250. The number of aryl methyl sites for hydroxylation is 1. The van der Waals surface area contributed by atoms with Gasteiger partial charge in [-0.1, -0.05) is 36.8 Å². The number of aliphatic carboxylic acids is 1. The van der Waals surface area contributed by atoms with E-state index in [1.54, 1.807) is 13.0 Å². The first-order valence-electron chi connectivity index (χ1n) is 4.62. The average Bonchev–Trinajstić information content (AvgIpc) is 2.16. The molecule has 0 amide bonds. The molecule has 0 aromatic heterocycles. The highest BCUT2D eigenvalue weighted by Crippen LogP contribution is 2.10. The van der Waals surface area contributed by atoms with Crippen LogP contribution >= 0.6 is 0 Å². The maximum absolute atomic E-state index is 10.6. The van der Waals surface area contributed by atoms with Gasteiger partial charge in [-0.2, -0.15) is 0 Å². The van der Waals surface area contributed by atoms with Crippen LogP contribution in [0.4, 0.5) is 0 Å². The molecule has 2 nitrogen and oxygen atoms in total. The Bertz CT molecular complexity index is 347. The summed E-state index contributed by atoms with van der Waals surface area (Å²) in [6, 6.07) is 7.70. The van der Waals surface area contributed by atoms with Gasteiger partial charge in [0.1, 0.15) is 0 Å². The molecule has 0 spiro atoms. The van der Waals surface area contributed by atoms with Crippen LogP contribution in [0, 0.1) is 6.92 Å². The van der Waals surface area contributed by atoms with Crippen molar-refractivity contribution in [2.75, 3.05) is 0 Å². The van der Waals surface area contributed by atoms with Crippen LogP contribution in [0.5, 0.6) is 0 Å². The predicted octanol–water partition coefficient (Wildman–Crippen LogP) is 1.54. The van der Waals surface area contributed by atoms with Crippen molar-refractivity contribution in [1.82, 2.24) is 0 Å². The fourth-order valence-corrected chi connectivity index (χ4v) is 1.17. The summed E-state index contributed by atoms with van der Waals surface area (Å²) >= 11 is 0. The van der Waals surface area contributed by atoms with Crippen molar-refractivity contribution in [2.45, 2.75) is 20.3 Å². The summed E-state index contributed by atoms with van der Waals surface area (Å²) in [5.74, 6) is -1.09. The number of carbonyl (C=O) groups excluding carboxylic acids is 1. The summed E-state index contributed by atoms with van der Waals surface area (Å²) in [5, 5.41) is 10.6. The molecule has 0 saturated heterocycles. The Morgan fingerprint density at radius 1 is 1.36 bits per heavy atom. The molecule has 74 valence electrons. The number of benzene rings is 1. The normalized spacial score (nSPS) is 11.4. The second kappa shape index (κ2) is 4.61. The van der Waals surface area contributed by atoms with E-state index >= 15 is 0 Å². The molecule has 2 heteroatoms. The van der Waals surface area contributed by atoms with Crippen LogP contribution < -0.4 is 5.11 Å². The molecule has 0 saturated carbocycles. The van der Waals surface area contributed by atoms with Crippen LogP contribution in [0.1, 0.15) is 24.5 Å². The van der Waals surface area contributed by atoms with Crippen LogP contribution in [0.2, 0.25) is 0 Å². The summed E-state index contributed by atoms with van der Waals surface area (Å²) in [5.41, 5.74) is 2.39.